The van der Waals surface area contributed by atoms with Crippen LogP contribution in [0.1, 0.15) is 335 Å². The van der Waals surface area contributed by atoms with Crippen molar-refractivity contribution in [2.75, 3.05) is 13.2 Å². The summed E-state index contributed by atoms with van der Waals surface area (Å²) in [5.74, 6) is -0.876. The molecule has 0 radical (unpaired) electrons. The summed E-state index contributed by atoms with van der Waals surface area (Å²) in [6.07, 6.45) is 83.4. The molecule has 0 N–H and O–H groups in total. The highest BCUT2D eigenvalue weighted by molar-refractivity contribution is 5.71. The third kappa shape index (κ3) is 61.7. The smallest absolute Gasteiger partial charge is 0.306 e. The van der Waals surface area contributed by atoms with Crippen molar-refractivity contribution in [3.63, 3.8) is 0 Å². The summed E-state index contributed by atoms with van der Waals surface area (Å²) in [5, 5.41) is 0. The Morgan fingerprint density at radius 1 is 0.276 bits per heavy atom. The third-order valence-electron chi connectivity index (χ3n) is 14.4. The van der Waals surface area contributed by atoms with E-state index in [4.69, 9.17) is 14.2 Å². The Hall–Kier alpha value is -3.15. The number of hydrogen-bond acceptors (Lipinski definition) is 6. The molecule has 0 aromatic heterocycles. The zero-order valence-corrected chi connectivity index (χ0v) is 50.5. The van der Waals surface area contributed by atoms with Crippen molar-refractivity contribution < 1.29 is 28.6 Å². The quantitative estimate of drug-likeness (QED) is 0.0261. The SMILES string of the molecule is CC/C=C\C/C=C\C/C=C\C/C=C\CCCCCCCCCCCCCCC(=O)OCC(COC(=O)CCCCCCC/C=C\CCCCCCCC)OC(=O)CCCCCCCCC/C=C\CCCCCCCCC. The molecule has 0 aliphatic heterocycles. The van der Waals surface area contributed by atoms with Crippen molar-refractivity contribution in [1.82, 2.24) is 0 Å². The molecule has 1 unspecified atom stereocenters. The zero-order valence-electron chi connectivity index (χ0n) is 50.5. The number of rotatable bonds is 60. The van der Waals surface area contributed by atoms with Gasteiger partial charge in [-0.1, -0.05) is 280 Å². The number of esters is 3. The highest BCUT2D eigenvalue weighted by atomic mass is 16.6. The Kier molecular flexibility index (Phi) is 61.7. The van der Waals surface area contributed by atoms with Crippen LogP contribution < -0.4 is 0 Å². The number of ether oxygens (including phenoxy) is 3. The van der Waals surface area contributed by atoms with Gasteiger partial charge in [-0.25, -0.2) is 0 Å². The molecule has 0 bridgehead atoms. The maximum atomic E-state index is 12.9. The number of unbranched alkanes of at least 4 members (excludes halogenated alkanes) is 37. The Morgan fingerprint density at radius 3 is 0.816 bits per heavy atom. The molecule has 0 saturated carbocycles. The Bertz CT molecular complexity index is 1400. The Morgan fingerprint density at radius 2 is 0.513 bits per heavy atom. The van der Waals surface area contributed by atoms with E-state index in [-0.39, 0.29) is 31.1 Å². The van der Waals surface area contributed by atoms with Crippen molar-refractivity contribution >= 4 is 17.9 Å². The van der Waals surface area contributed by atoms with Crippen LogP contribution in [0.5, 0.6) is 0 Å². The fourth-order valence-electron chi connectivity index (χ4n) is 9.48. The van der Waals surface area contributed by atoms with Gasteiger partial charge < -0.3 is 14.2 Å². The van der Waals surface area contributed by atoms with E-state index >= 15 is 0 Å². The molecular formula is C70H124O6. The predicted molar refractivity (Wildman–Crippen MR) is 330 cm³/mol. The molecule has 0 rings (SSSR count). The van der Waals surface area contributed by atoms with Crippen molar-refractivity contribution in [2.24, 2.45) is 0 Å². The molecule has 0 aliphatic rings. The van der Waals surface area contributed by atoms with Crippen LogP contribution in [0.15, 0.2) is 72.9 Å². The molecule has 6 nitrogen and oxygen atoms in total. The average molecular weight is 1060 g/mol. The molecule has 6 heteroatoms. The maximum absolute atomic E-state index is 12.9. The van der Waals surface area contributed by atoms with Gasteiger partial charge in [-0.05, 0) is 109 Å². The molecule has 0 heterocycles. The number of carbonyl (C=O) groups excluding carboxylic acids is 3. The Labute approximate surface area is 472 Å². The minimum Gasteiger partial charge on any atom is -0.462 e. The summed E-state index contributed by atoms with van der Waals surface area (Å²) in [5.41, 5.74) is 0. The first-order valence-corrected chi connectivity index (χ1v) is 32.9. The zero-order chi connectivity index (χ0) is 55.0. The molecule has 1 atom stereocenters. The lowest BCUT2D eigenvalue weighted by molar-refractivity contribution is -0.167. The second kappa shape index (κ2) is 64.4. The molecular weight excluding hydrogens is 937 g/mol. The van der Waals surface area contributed by atoms with Crippen LogP contribution in [0.2, 0.25) is 0 Å². The summed E-state index contributed by atoms with van der Waals surface area (Å²) in [7, 11) is 0. The van der Waals surface area contributed by atoms with Crippen molar-refractivity contribution in [3.05, 3.63) is 72.9 Å². The maximum Gasteiger partial charge on any atom is 0.306 e. The molecule has 76 heavy (non-hydrogen) atoms. The van der Waals surface area contributed by atoms with Crippen LogP contribution >= 0.6 is 0 Å². The summed E-state index contributed by atoms with van der Waals surface area (Å²) < 4.78 is 16.9. The van der Waals surface area contributed by atoms with E-state index in [0.29, 0.717) is 19.3 Å². The van der Waals surface area contributed by atoms with Crippen molar-refractivity contribution in [2.45, 2.75) is 341 Å². The van der Waals surface area contributed by atoms with Gasteiger partial charge in [0.2, 0.25) is 0 Å². The summed E-state index contributed by atoms with van der Waals surface area (Å²) in [4.78, 5) is 38.4. The van der Waals surface area contributed by atoms with E-state index in [1.54, 1.807) is 0 Å². The van der Waals surface area contributed by atoms with Crippen LogP contribution in [-0.4, -0.2) is 37.2 Å². The van der Waals surface area contributed by atoms with Gasteiger partial charge in [0.15, 0.2) is 6.10 Å². The molecule has 440 valence electrons. The van der Waals surface area contributed by atoms with E-state index in [0.717, 1.165) is 89.9 Å². The van der Waals surface area contributed by atoms with E-state index in [2.05, 4.69) is 93.7 Å². The van der Waals surface area contributed by atoms with Crippen LogP contribution in [0, 0.1) is 0 Å². The van der Waals surface area contributed by atoms with Gasteiger partial charge in [0.25, 0.3) is 0 Å². The second-order valence-electron chi connectivity index (χ2n) is 22.0. The molecule has 0 saturated heterocycles. The largest absolute Gasteiger partial charge is 0.462 e. The highest BCUT2D eigenvalue weighted by Gasteiger charge is 2.19. The van der Waals surface area contributed by atoms with Gasteiger partial charge in [0, 0.05) is 19.3 Å². The Balaban J connectivity index is 4.32. The molecule has 0 aromatic carbocycles. The van der Waals surface area contributed by atoms with Gasteiger partial charge >= 0.3 is 17.9 Å². The van der Waals surface area contributed by atoms with Crippen LogP contribution in [0.25, 0.3) is 0 Å². The lowest BCUT2D eigenvalue weighted by Gasteiger charge is -2.18. The normalized spacial score (nSPS) is 12.5. The number of hydrogen-bond donors (Lipinski definition) is 0. The molecule has 0 aliphatic carbocycles. The monoisotopic (exact) mass is 1060 g/mol. The van der Waals surface area contributed by atoms with E-state index in [9.17, 15) is 14.4 Å². The number of allylic oxidation sites excluding steroid dienone is 12. The van der Waals surface area contributed by atoms with Gasteiger partial charge in [-0.3, -0.25) is 14.4 Å². The third-order valence-corrected chi connectivity index (χ3v) is 14.4. The van der Waals surface area contributed by atoms with Crippen LogP contribution in [-0.2, 0) is 28.6 Å². The second-order valence-corrected chi connectivity index (χ2v) is 22.0. The lowest BCUT2D eigenvalue weighted by atomic mass is 10.0. The van der Waals surface area contributed by atoms with E-state index in [1.807, 2.05) is 0 Å². The van der Waals surface area contributed by atoms with E-state index < -0.39 is 6.10 Å². The van der Waals surface area contributed by atoms with Crippen LogP contribution in [0.3, 0.4) is 0 Å². The minimum atomic E-state index is -0.782. The number of carbonyl (C=O) groups is 3. The summed E-state index contributed by atoms with van der Waals surface area (Å²) in [6, 6.07) is 0. The lowest BCUT2D eigenvalue weighted by Crippen LogP contribution is -2.30. The molecule has 0 spiro atoms. The first-order chi connectivity index (χ1) is 37.5. The van der Waals surface area contributed by atoms with E-state index in [1.165, 1.54) is 205 Å². The first-order valence-electron chi connectivity index (χ1n) is 32.9. The molecule has 0 fully saturated rings. The van der Waals surface area contributed by atoms with Gasteiger partial charge in [0.1, 0.15) is 13.2 Å². The summed E-state index contributed by atoms with van der Waals surface area (Å²) in [6.45, 7) is 6.55. The topological polar surface area (TPSA) is 78.9 Å². The highest BCUT2D eigenvalue weighted by Crippen LogP contribution is 2.17. The van der Waals surface area contributed by atoms with Gasteiger partial charge in [-0.15, -0.1) is 0 Å². The van der Waals surface area contributed by atoms with Crippen LogP contribution in [0.4, 0.5) is 0 Å². The minimum absolute atomic E-state index is 0.0785. The van der Waals surface area contributed by atoms with Gasteiger partial charge in [-0.2, -0.15) is 0 Å². The first kappa shape index (κ1) is 72.8. The molecule has 0 amide bonds. The summed E-state index contributed by atoms with van der Waals surface area (Å²) >= 11 is 0. The van der Waals surface area contributed by atoms with Crippen molar-refractivity contribution in [3.8, 4) is 0 Å². The fourth-order valence-corrected chi connectivity index (χ4v) is 9.48. The standard InChI is InChI=1S/C70H124O6/c1-4-7-10-13-16-19-22-25-28-30-32-33-34-35-36-37-38-40-42-45-48-51-54-57-60-63-69(72)75-66-67(65-74-68(71)62-59-56-53-50-47-44-41-27-24-21-18-15-12-9-6-3)76-70(73)64-61-58-55-52-49-46-43-39-31-29-26-23-20-17-14-11-8-5-2/h7,10,16,19,25,27-29,31-33,41,67H,4-6,8-9,11-15,17-18,20-24,26,30,34-40,42-66H2,1-3H3/b10-7-,19-16-,28-25-,31-29-,33-32-,41-27-. The fraction of sp³-hybridized carbons (Fsp3) is 0.786. The molecule has 0 aromatic rings. The van der Waals surface area contributed by atoms with Gasteiger partial charge in [0.05, 0.1) is 0 Å². The predicted octanol–water partition coefficient (Wildman–Crippen LogP) is 22.5. The average Bonchev–Trinajstić information content (AvgIpc) is 3.42. The van der Waals surface area contributed by atoms with Crippen molar-refractivity contribution in [1.29, 1.82) is 0 Å².